The van der Waals surface area contributed by atoms with Crippen molar-refractivity contribution in [3.05, 3.63) is 21.7 Å². The number of halogens is 1. The third-order valence-corrected chi connectivity index (χ3v) is 3.06. The molecular formula is C8H10BrNS. The van der Waals surface area contributed by atoms with E-state index in [0.29, 0.717) is 0 Å². The van der Waals surface area contributed by atoms with Gasteiger partial charge in [0.2, 0.25) is 0 Å². The van der Waals surface area contributed by atoms with E-state index in [1.807, 2.05) is 19.9 Å². The lowest BCUT2D eigenvalue weighted by Crippen LogP contribution is -1.94. The van der Waals surface area contributed by atoms with Gasteiger partial charge < -0.3 is 5.73 Å². The highest BCUT2D eigenvalue weighted by atomic mass is 79.9. The van der Waals surface area contributed by atoms with Gasteiger partial charge in [0, 0.05) is 15.1 Å². The van der Waals surface area contributed by atoms with Crippen molar-refractivity contribution in [3.8, 4) is 0 Å². The maximum Gasteiger partial charge on any atom is 0.0482 e. The number of hydrogen-bond donors (Lipinski definition) is 2. The maximum atomic E-state index is 5.75. The molecule has 1 aromatic carbocycles. The largest absolute Gasteiger partial charge is 0.398 e. The zero-order valence-electron chi connectivity index (χ0n) is 6.48. The van der Waals surface area contributed by atoms with Crippen molar-refractivity contribution < 1.29 is 0 Å². The molecule has 0 aliphatic heterocycles. The molecule has 0 aromatic heterocycles. The van der Waals surface area contributed by atoms with Crippen LogP contribution in [0.3, 0.4) is 0 Å². The summed E-state index contributed by atoms with van der Waals surface area (Å²) < 4.78 is 1.06. The minimum absolute atomic E-state index is 0.772. The highest BCUT2D eigenvalue weighted by Gasteiger charge is 2.04. The topological polar surface area (TPSA) is 26.0 Å². The fourth-order valence-electron chi connectivity index (χ4n) is 0.879. The van der Waals surface area contributed by atoms with Crippen LogP contribution in [0.15, 0.2) is 15.4 Å². The summed E-state index contributed by atoms with van der Waals surface area (Å²) in [5.41, 5.74) is 8.81. The Balaban J connectivity index is 3.46. The second kappa shape index (κ2) is 3.07. The molecule has 3 heteroatoms. The van der Waals surface area contributed by atoms with Crippen molar-refractivity contribution in [2.75, 3.05) is 5.73 Å². The zero-order chi connectivity index (χ0) is 8.59. The minimum atomic E-state index is 0.772. The van der Waals surface area contributed by atoms with Gasteiger partial charge in [-0.1, -0.05) is 15.9 Å². The van der Waals surface area contributed by atoms with Gasteiger partial charge in [0.1, 0.15) is 0 Å². The lowest BCUT2D eigenvalue weighted by atomic mass is 10.1. The summed E-state index contributed by atoms with van der Waals surface area (Å²) >= 11 is 7.66. The Bertz CT molecular complexity index is 270. The van der Waals surface area contributed by atoms with Crippen molar-refractivity contribution in [2.24, 2.45) is 0 Å². The molecule has 0 aliphatic rings. The number of nitrogen functional groups attached to an aromatic ring is 1. The molecule has 0 radical (unpaired) electrons. The van der Waals surface area contributed by atoms with E-state index in [9.17, 15) is 0 Å². The molecule has 0 saturated heterocycles. The van der Waals surface area contributed by atoms with Crippen LogP contribution in [0.4, 0.5) is 5.69 Å². The molecule has 0 aliphatic carbocycles. The number of rotatable bonds is 0. The van der Waals surface area contributed by atoms with Gasteiger partial charge in [-0.15, -0.1) is 12.6 Å². The van der Waals surface area contributed by atoms with Gasteiger partial charge in [0.25, 0.3) is 0 Å². The SMILES string of the molecule is Cc1c(Br)cc(S)c(N)c1C. The van der Waals surface area contributed by atoms with Crippen LogP contribution >= 0.6 is 28.6 Å². The second-order valence-electron chi connectivity index (χ2n) is 2.54. The predicted molar refractivity (Wildman–Crippen MR) is 55.3 cm³/mol. The van der Waals surface area contributed by atoms with Crippen LogP contribution in [0.2, 0.25) is 0 Å². The van der Waals surface area contributed by atoms with E-state index in [-0.39, 0.29) is 0 Å². The molecule has 0 atom stereocenters. The third-order valence-electron chi connectivity index (χ3n) is 1.86. The lowest BCUT2D eigenvalue weighted by Gasteiger charge is -2.08. The van der Waals surface area contributed by atoms with Gasteiger partial charge in [-0.25, -0.2) is 0 Å². The van der Waals surface area contributed by atoms with E-state index in [1.165, 1.54) is 5.56 Å². The quantitative estimate of drug-likeness (QED) is 0.522. The van der Waals surface area contributed by atoms with Crippen molar-refractivity contribution in [1.82, 2.24) is 0 Å². The molecule has 0 heterocycles. The molecule has 0 saturated carbocycles. The molecule has 1 rings (SSSR count). The first-order valence-corrected chi connectivity index (χ1v) is 4.52. The van der Waals surface area contributed by atoms with Crippen molar-refractivity contribution >= 4 is 34.2 Å². The van der Waals surface area contributed by atoms with Crippen LogP contribution in [0.5, 0.6) is 0 Å². The molecule has 0 fully saturated rings. The smallest absolute Gasteiger partial charge is 0.0482 e. The minimum Gasteiger partial charge on any atom is -0.398 e. The number of benzene rings is 1. The van der Waals surface area contributed by atoms with Gasteiger partial charge >= 0.3 is 0 Å². The third kappa shape index (κ3) is 1.54. The van der Waals surface area contributed by atoms with Gasteiger partial charge in [0.15, 0.2) is 0 Å². The molecular weight excluding hydrogens is 222 g/mol. The Morgan fingerprint density at radius 1 is 1.36 bits per heavy atom. The van der Waals surface area contributed by atoms with Crippen LogP contribution in [-0.4, -0.2) is 0 Å². The van der Waals surface area contributed by atoms with Crippen LogP contribution < -0.4 is 5.73 Å². The van der Waals surface area contributed by atoms with Crippen LogP contribution in [-0.2, 0) is 0 Å². The molecule has 1 aromatic rings. The van der Waals surface area contributed by atoms with Crippen LogP contribution in [0, 0.1) is 13.8 Å². The molecule has 11 heavy (non-hydrogen) atoms. The van der Waals surface area contributed by atoms with Gasteiger partial charge in [-0.3, -0.25) is 0 Å². The summed E-state index contributed by atoms with van der Waals surface area (Å²) in [6.45, 7) is 4.03. The Hall–Kier alpha value is -0.150. The highest BCUT2D eigenvalue weighted by molar-refractivity contribution is 9.10. The molecule has 0 bridgehead atoms. The molecule has 0 spiro atoms. The first-order chi connectivity index (χ1) is 5.04. The predicted octanol–water partition coefficient (Wildman–Crippen LogP) is 2.94. The van der Waals surface area contributed by atoms with E-state index < -0.39 is 0 Å². The summed E-state index contributed by atoms with van der Waals surface area (Å²) in [5, 5.41) is 0. The summed E-state index contributed by atoms with van der Waals surface area (Å²) in [7, 11) is 0. The zero-order valence-corrected chi connectivity index (χ0v) is 8.96. The standard InChI is InChI=1S/C8H10BrNS/c1-4-5(2)8(10)7(11)3-6(4)9/h3,11H,10H2,1-2H3. The van der Waals surface area contributed by atoms with E-state index in [4.69, 9.17) is 5.73 Å². The van der Waals surface area contributed by atoms with Gasteiger partial charge in [-0.05, 0) is 31.0 Å². The summed E-state index contributed by atoms with van der Waals surface area (Å²) in [5.74, 6) is 0. The monoisotopic (exact) mass is 231 g/mol. The highest BCUT2D eigenvalue weighted by Crippen LogP contribution is 2.29. The maximum absolute atomic E-state index is 5.75. The van der Waals surface area contributed by atoms with Crippen molar-refractivity contribution in [3.63, 3.8) is 0 Å². The van der Waals surface area contributed by atoms with E-state index in [2.05, 4.69) is 28.6 Å². The average molecular weight is 232 g/mol. The molecule has 2 N–H and O–H groups in total. The normalized spacial score (nSPS) is 10.2. The first kappa shape index (κ1) is 8.94. The number of thiol groups is 1. The number of hydrogen-bond acceptors (Lipinski definition) is 2. The molecule has 60 valence electrons. The summed E-state index contributed by atoms with van der Waals surface area (Å²) in [6.07, 6.45) is 0. The van der Waals surface area contributed by atoms with Gasteiger partial charge in [0.05, 0.1) is 0 Å². The Kier molecular flexibility index (Phi) is 2.50. The Labute approximate surface area is 80.5 Å². The average Bonchev–Trinajstić information content (AvgIpc) is 1.97. The molecule has 1 nitrogen and oxygen atoms in total. The number of anilines is 1. The Morgan fingerprint density at radius 3 is 2.45 bits per heavy atom. The van der Waals surface area contributed by atoms with Crippen LogP contribution in [0.25, 0.3) is 0 Å². The number of nitrogens with two attached hydrogens (primary N) is 1. The molecule has 0 amide bonds. The van der Waals surface area contributed by atoms with Crippen LogP contribution in [0.1, 0.15) is 11.1 Å². The van der Waals surface area contributed by atoms with Crippen molar-refractivity contribution in [2.45, 2.75) is 18.7 Å². The Morgan fingerprint density at radius 2 is 1.91 bits per heavy atom. The lowest BCUT2D eigenvalue weighted by molar-refractivity contribution is 1.27. The van der Waals surface area contributed by atoms with Crippen molar-refractivity contribution in [1.29, 1.82) is 0 Å². The van der Waals surface area contributed by atoms with Gasteiger partial charge in [-0.2, -0.15) is 0 Å². The van der Waals surface area contributed by atoms with E-state index in [0.717, 1.165) is 20.6 Å². The van der Waals surface area contributed by atoms with E-state index >= 15 is 0 Å². The fraction of sp³-hybridized carbons (Fsp3) is 0.250. The first-order valence-electron chi connectivity index (χ1n) is 3.28. The summed E-state index contributed by atoms with van der Waals surface area (Å²) in [4.78, 5) is 0.833. The molecule has 0 unspecified atom stereocenters. The fourth-order valence-corrected chi connectivity index (χ4v) is 1.88. The second-order valence-corrected chi connectivity index (χ2v) is 3.88. The van der Waals surface area contributed by atoms with E-state index in [1.54, 1.807) is 0 Å². The summed E-state index contributed by atoms with van der Waals surface area (Å²) in [6, 6.07) is 1.92.